The number of carbonyl (C=O) groups is 1. The zero-order valence-electron chi connectivity index (χ0n) is 11.6. The van der Waals surface area contributed by atoms with Gasteiger partial charge in [0, 0.05) is 12.6 Å². The lowest BCUT2D eigenvalue weighted by Crippen LogP contribution is -2.54. The van der Waals surface area contributed by atoms with Gasteiger partial charge in [0.15, 0.2) is 0 Å². The summed E-state index contributed by atoms with van der Waals surface area (Å²) in [5, 5.41) is 24.5. The summed E-state index contributed by atoms with van der Waals surface area (Å²) in [4.78, 5) is 11.6. The van der Waals surface area contributed by atoms with Gasteiger partial charge in [-0.05, 0) is 32.0 Å². The quantitative estimate of drug-likeness (QED) is 0.714. The first-order valence-electron chi connectivity index (χ1n) is 6.28. The first-order valence-corrected chi connectivity index (χ1v) is 6.28. The van der Waals surface area contributed by atoms with Crippen LogP contribution in [0.3, 0.4) is 0 Å². The van der Waals surface area contributed by atoms with E-state index in [2.05, 4.69) is 10.6 Å². The zero-order chi connectivity index (χ0) is 14.9. The van der Waals surface area contributed by atoms with E-state index in [4.69, 9.17) is 10.00 Å². The fourth-order valence-electron chi connectivity index (χ4n) is 2.24. The van der Waals surface area contributed by atoms with E-state index in [1.54, 1.807) is 32.0 Å². The highest BCUT2D eigenvalue weighted by atomic mass is 16.5. The summed E-state index contributed by atoms with van der Waals surface area (Å²) in [6.45, 7) is 3.49. The number of aliphatic hydroxyl groups is 1. The summed E-state index contributed by atoms with van der Waals surface area (Å²) >= 11 is 0. The number of urea groups is 1. The van der Waals surface area contributed by atoms with Crippen molar-refractivity contribution in [2.75, 3.05) is 7.05 Å². The van der Waals surface area contributed by atoms with Crippen LogP contribution in [-0.2, 0) is 0 Å². The lowest BCUT2D eigenvalue weighted by Gasteiger charge is -2.42. The number of fused-ring (bicyclic) bond motifs is 1. The van der Waals surface area contributed by atoms with Crippen molar-refractivity contribution < 1.29 is 14.6 Å². The maximum Gasteiger partial charge on any atom is 0.315 e. The van der Waals surface area contributed by atoms with E-state index < -0.39 is 23.8 Å². The number of nitrogens with zero attached hydrogens (tertiary/aromatic N) is 1. The van der Waals surface area contributed by atoms with Gasteiger partial charge in [0.1, 0.15) is 17.5 Å². The van der Waals surface area contributed by atoms with Gasteiger partial charge in [0.25, 0.3) is 0 Å². The van der Waals surface area contributed by atoms with Gasteiger partial charge in [0.2, 0.25) is 0 Å². The molecule has 1 aliphatic heterocycles. The minimum Gasteiger partial charge on any atom is -0.485 e. The zero-order valence-corrected chi connectivity index (χ0v) is 11.6. The predicted molar refractivity (Wildman–Crippen MR) is 72.2 cm³/mol. The fraction of sp³-hybridized carbons (Fsp3) is 0.429. The molecule has 0 radical (unpaired) electrons. The standard InChI is InChI=1S/C14H17N3O3/c1-14(2)12(18)11(17-13(19)16-3)9-6-8(7-15)4-5-10(9)20-14/h4-6,11-12,18H,1-3H3,(H2,16,17,19)/t11?,12-/m0/s1. The van der Waals surface area contributed by atoms with Crippen LogP contribution in [0.15, 0.2) is 18.2 Å². The number of benzene rings is 1. The fourth-order valence-corrected chi connectivity index (χ4v) is 2.24. The molecule has 0 fully saturated rings. The Kier molecular flexibility index (Phi) is 3.55. The number of aliphatic hydroxyl groups excluding tert-OH is 1. The van der Waals surface area contributed by atoms with E-state index in [9.17, 15) is 9.90 Å². The number of carbonyl (C=O) groups excluding carboxylic acids is 1. The van der Waals surface area contributed by atoms with Crippen LogP contribution in [-0.4, -0.2) is 29.9 Å². The van der Waals surface area contributed by atoms with Crippen LogP contribution in [0.5, 0.6) is 5.75 Å². The summed E-state index contributed by atoms with van der Waals surface area (Å²) in [7, 11) is 1.50. The minimum atomic E-state index is -0.929. The highest BCUT2D eigenvalue weighted by molar-refractivity contribution is 5.74. The van der Waals surface area contributed by atoms with E-state index in [0.717, 1.165) is 0 Å². The molecular weight excluding hydrogens is 258 g/mol. The Morgan fingerprint density at radius 3 is 2.80 bits per heavy atom. The van der Waals surface area contributed by atoms with E-state index in [0.29, 0.717) is 16.9 Å². The number of ether oxygens (including phenoxy) is 1. The number of nitrogens with one attached hydrogen (secondary N) is 2. The highest BCUT2D eigenvalue weighted by Gasteiger charge is 2.43. The van der Waals surface area contributed by atoms with Gasteiger partial charge >= 0.3 is 6.03 Å². The third kappa shape index (κ3) is 2.40. The number of hydrogen-bond donors (Lipinski definition) is 3. The SMILES string of the molecule is CNC(=O)NC1c2cc(C#N)ccc2OC(C)(C)[C@H]1O. The van der Waals surface area contributed by atoms with Gasteiger partial charge < -0.3 is 20.5 Å². The molecule has 0 aromatic heterocycles. The van der Waals surface area contributed by atoms with Crippen molar-refractivity contribution in [3.05, 3.63) is 29.3 Å². The molecule has 1 aromatic rings. The van der Waals surface area contributed by atoms with Crippen LogP contribution in [0, 0.1) is 11.3 Å². The lowest BCUT2D eigenvalue weighted by molar-refractivity contribution is -0.0620. The summed E-state index contributed by atoms with van der Waals surface area (Å²) < 4.78 is 5.75. The average molecular weight is 275 g/mol. The van der Waals surface area contributed by atoms with Gasteiger partial charge in [-0.15, -0.1) is 0 Å². The summed E-state index contributed by atoms with van der Waals surface area (Å²) in [5.74, 6) is 0.556. The maximum atomic E-state index is 11.6. The van der Waals surface area contributed by atoms with Crippen molar-refractivity contribution >= 4 is 6.03 Å². The van der Waals surface area contributed by atoms with E-state index in [1.807, 2.05) is 6.07 Å². The van der Waals surface area contributed by atoms with E-state index in [1.165, 1.54) is 7.05 Å². The Hall–Kier alpha value is -2.26. The summed E-state index contributed by atoms with van der Waals surface area (Å²) in [6, 6.07) is 5.94. The lowest BCUT2D eigenvalue weighted by atomic mass is 9.86. The van der Waals surface area contributed by atoms with Crippen LogP contribution in [0.4, 0.5) is 4.79 Å². The first-order chi connectivity index (χ1) is 9.39. The molecule has 2 rings (SSSR count). The Balaban J connectivity index is 2.48. The molecule has 1 heterocycles. The molecule has 1 unspecified atom stereocenters. The molecule has 0 saturated carbocycles. The van der Waals surface area contributed by atoms with Crippen LogP contribution < -0.4 is 15.4 Å². The minimum absolute atomic E-state index is 0.403. The van der Waals surface area contributed by atoms with Gasteiger partial charge in [0.05, 0.1) is 17.7 Å². The molecule has 1 aliphatic rings. The Labute approximate surface area is 117 Å². The van der Waals surface area contributed by atoms with Crippen molar-refractivity contribution in [3.8, 4) is 11.8 Å². The van der Waals surface area contributed by atoms with Crippen molar-refractivity contribution in [2.24, 2.45) is 0 Å². The Bertz CT molecular complexity index is 578. The molecule has 2 amide bonds. The second kappa shape index (κ2) is 5.02. The van der Waals surface area contributed by atoms with Crippen LogP contribution in [0.2, 0.25) is 0 Å². The van der Waals surface area contributed by atoms with Crippen molar-refractivity contribution in [1.82, 2.24) is 10.6 Å². The smallest absolute Gasteiger partial charge is 0.315 e. The van der Waals surface area contributed by atoms with E-state index in [-0.39, 0.29) is 0 Å². The molecule has 2 atom stereocenters. The third-order valence-electron chi connectivity index (χ3n) is 3.39. The summed E-state index contributed by atoms with van der Waals surface area (Å²) in [6.07, 6.45) is -0.929. The molecule has 106 valence electrons. The average Bonchev–Trinajstić information content (AvgIpc) is 2.43. The second-order valence-corrected chi connectivity index (χ2v) is 5.22. The largest absolute Gasteiger partial charge is 0.485 e. The van der Waals surface area contributed by atoms with Crippen LogP contribution >= 0.6 is 0 Å². The van der Waals surface area contributed by atoms with Gasteiger partial charge in [-0.3, -0.25) is 0 Å². The molecule has 0 saturated heterocycles. The van der Waals surface area contributed by atoms with Crippen LogP contribution in [0.1, 0.15) is 31.0 Å². The molecule has 3 N–H and O–H groups in total. The highest BCUT2D eigenvalue weighted by Crippen LogP contribution is 2.40. The van der Waals surface area contributed by atoms with Gasteiger partial charge in [-0.25, -0.2) is 4.79 Å². The third-order valence-corrected chi connectivity index (χ3v) is 3.39. The van der Waals surface area contributed by atoms with Crippen molar-refractivity contribution in [3.63, 3.8) is 0 Å². The molecule has 1 aromatic carbocycles. The second-order valence-electron chi connectivity index (χ2n) is 5.22. The normalized spacial score (nSPS) is 22.9. The molecule has 6 nitrogen and oxygen atoms in total. The molecule has 0 aliphatic carbocycles. The van der Waals surface area contributed by atoms with Gasteiger partial charge in [-0.1, -0.05) is 0 Å². The Morgan fingerprint density at radius 2 is 2.20 bits per heavy atom. The molecule has 0 bridgehead atoms. The monoisotopic (exact) mass is 275 g/mol. The summed E-state index contributed by atoms with van der Waals surface area (Å²) in [5.41, 5.74) is 0.203. The first kappa shape index (κ1) is 14.2. The van der Waals surface area contributed by atoms with E-state index >= 15 is 0 Å². The van der Waals surface area contributed by atoms with Crippen molar-refractivity contribution in [1.29, 1.82) is 5.26 Å². The topological polar surface area (TPSA) is 94.4 Å². The number of amides is 2. The van der Waals surface area contributed by atoms with Gasteiger partial charge in [-0.2, -0.15) is 5.26 Å². The molecule has 20 heavy (non-hydrogen) atoms. The predicted octanol–water partition coefficient (Wildman–Crippen LogP) is 1.06. The van der Waals surface area contributed by atoms with Crippen LogP contribution in [0.25, 0.3) is 0 Å². The molecule has 6 heteroatoms. The number of nitriles is 1. The Morgan fingerprint density at radius 1 is 1.50 bits per heavy atom. The number of rotatable bonds is 1. The number of hydrogen-bond acceptors (Lipinski definition) is 4. The maximum absolute atomic E-state index is 11.6. The molecule has 0 spiro atoms. The van der Waals surface area contributed by atoms with Crippen molar-refractivity contribution in [2.45, 2.75) is 31.6 Å². The molecular formula is C14H17N3O3.